The second-order valence-corrected chi connectivity index (χ2v) is 5.36. The molecule has 1 heterocycles. The van der Waals surface area contributed by atoms with Crippen LogP contribution in [0.1, 0.15) is 26.7 Å². The van der Waals surface area contributed by atoms with Crippen LogP contribution >= 0.6 is 0 Å². The molecule has 0 radical (unpaired) electrons. The molecule has 1 saturated heterocycles. The molecule has 1 unspecified atom stereocenters. The molecule has 1 atom stereocenters. The Labute approximate surface area is 81.7 Å². The Morgan fingerprint density at radius 3 is 2.92 bits per heavy atom. The van der Waals surface area contributed by atoms with E-state index >= 15 is 0 Å². The first kappa shape index (κ1) is 9.47. The molecule has 2 heteroatoms. The van der Waals surface area contributed by atoms with Gasteiger partial charge in [-0.2, -0.15) is 0 Å². The van der Waals surface area contributed by atoms with Crippen molar-refractivity contribution in [3.8, 4) is 0 Å². The zero-order chi connectivity index (χ0) is 9.31. The fourth-order valence-corrected chi connectivity index (χ4v) is 2.24. The molecule has 0 aromatic rings. The van der Waals surface area contributed by atoms with E-state index in [9.17, 15) is 0 Å². The largest absolute Gasteiger partial charge is 0.315 e. The van der Waals surface area contributed by atoms with Gasteiger partial charge in [-0.1, -0.05) is 13.8 Å². The monoisotopic (exact) mass is 182 g/mol. The molecule has 0 amide bonds. The SMILES string of the molecule is CC1CNCCN(CC2(C)CC2)C1. The summed E-state index contributed by atoms with van der Waals surface area (Å²) in [5.74, 6) is 0.824. The molecule has 76 valence electrons. The van der Waals surface area contributed by atoms with E-state index in [0.29, 0.717) is 5.41 Å². The first-order chi connectivity index (χ1) is 6.18. The van der Waals surface area contributed by atoms with Crippen LogP contribution in [0, 0.1) is 11.3 Å². The van der Waals surface area contributed by atoms with Crippen LogP contribution in [0.3, 0.4) is 0 Å². The van der Waals surface area contributed by atoms with Crippen molar-refractivity contribution in [2.24, 2.45) is 11.3 Å². The third-order valence-corrected chi connectivity index (χ3v) is 3.38. The first-order valence-corrected chi connectivity index (χ1v) is 5.61. The highest BCUT2D eigenvalue weighted by atomic mass is 15.2. The fourth-order valence-electron chi connectivity index (χ4n) is 2.24. The van der Waals surface area contributed by atoms with Crippen LogP contribution in [0.25, 0.3) is 0 Å². The van der Waals surface area contributed by atoms with Gasteiger partial charge in [-0.25, -0.2) is 0 Å². The summed E-state index contributed by atoms with van der Waals surface area (Å²) in [5.41, 5.74) is 0.685. The maximum Gasteiger partial charge on any atom is 0.0107 e. The van der Waals surface area contributed by atoms with Crippen molar-refractivity contribution in [3.05, 3.63) is 0 Å². The van der Waals surface area contributed by atoms with Gasteiger partial charge in [0.25, 0.3) is 0 Å². The third-order valence-electron chi connectivity index (χ3n) is 3.38. The number of hydrogen-bond acceptors (Lipinski definition) is 2. The molecule has 13 heavy (non-hydrogen) atoms. The smallest absolute Gasteiger partial charge is 0.0107 e. The third kappa shape index (κ3) is 2.68. The standard InChI is InChI=1S/C11H22N2/c1-10-7-12-5-6-13(8-10)9-11(2)3-4-11/h10,12H,3-9H2,1-2H3. The minimum Gasteiger partial charge on any atom is -0.315 e. The van der Waals surface area contributed by atoms with Gasteiger partial charge in [0.2, 0.25) is 0 Å². The quantitative estimate of drug-likeness (QED) is 0.693. The Morgan fingerprint density at radius 2 is 2.23 bits per heavy atom. The topological polar surface area (TPSA) is 15.3 Å². The molecular formula is C11H22N2. The molecule has 1 aliphatic heterocycles. The van der Waals surface area contributed by atoms with Gasteiger partial charge >= 0.3 is 0 Å². The molecule has 1 aliphatic carbocycles. The average Bonchev–Trinajstić information content (AvgIpc) is 2.79. The Hall–Kier alpha value is -0.0800. The maximum absolute atomic E-state index is 3.49. The van der Waals surface area contributed by atoms with Crippen LogP contribution in [-0.4, -0.2) is 37.6 Å². The van der Waals surface area contributed by atoms with Crippen molar-refractivity contribution in [3.63, 3.8) is 0 Å². The Morgan fingerprint density at radius 1 is 1.46 bits per heavy atom. The normalized spacial score (nSPS) is 34.2. The summed E-state index contributed by atoms with van der Waals surface area (Å²) >= 11 is 0. The van der Waals surface area contributed by atoms with Crippen molar-refractivity contribution < 1.29 is 0 Å². The number of hydrogen-bond donors (Lipinski definition) is 1. The summed E-state index contributed by atoms with van der Waals surface area (Å²) in [7, 11) is 0. The zero-order valence-corrected chi connectivity index (χ0v) is 8.97. The predicted octanol–water partition coefficient (Wildman–Crippen LogP) is 1.33. The Kier molecular flexibility index (Phi) is 2.61. The number of nitrogens with one attached hydrogen (secondary N) is 1. The van der Waals surface area contributed by atoms with Gasteiger partial charge in [-0.15, -0.1) is 0 Å². The molecule has 0 aromatic heterocycles. The first-order valence-electron chi connectivity index (χ1n) is 5.61. The van der Waals surface area contributed by atoms with Crippen molar-refractivity contribution in [1.82, 2.24) is 10.2 Å². The van der Waals surface area contributed by atoms with E-state index in [1.165, 1.54) is 45.6 Å². The predicted molar refractivity (Wildman–Crippen MR) is 55.8 cm³/mol. The van der Waals surface area contributed by atoms with Gasteiger partial charge in [0.15, 0.2) is 0 Å². The van der Waals surface area contributed by atoms with Crippen molar-refractivity contribution >= 4 is 0 Å². The van der Waals surface area contributed by atoms with E-state index in [2.05, 4.69) is 24.1 Å². The van der Waals surface area contributed by atoms with E-state index in [-0.39, 0.29) is 0 Å². The Bertz CT molecular complexity index is 175. The van der Waals surface area contributed by atoms with E-state index in [0.717, 1.165) is 5.92 Å². The minimum atomic E-state index is 0.685. The van der Waals surface area contributed by atoms with Gasteiger partial charge in [0, 0.05) is 26.2 Å². The Balaban J connectivity index is 1.82. The summed E-state index contributed by atoms with van der Waals surface area (Å²) in [4.78, 5) is 2.65. The molecule has 1 saturated carbocycles. The van der Waals surface area contributed by atoms with E-state index in [1.807, 2.05) is 0 Å². The van der Waals surface area contributed by atoms with Crippen LogP contribution in [0.2, 0.25) is 0 Å². The summed E-state index contributed by atoms with van der Waals surface area (Å²) in [6.07, 6.45) is 2.90. The summed E-state index contributed by atoms with van der Waals surface area (Å²) in [6.45, 7) is 11.0. The molecule has 2 aliphatic rings. The van der Waals surface area contributed by atoms with Gasteiger partial charge < -0.3 is 10.2 Å². The molecular weight excluding hydrogens is 160 g/mol. The summed E-state index contributed by atoms with van der Waals surface area (Å²) in [5, 5.41) is 3.49. The molecule has 0 spiro atoms. The lowest BCUT2D eigenvalue weighted by atomic mass is 10.1. The average molecular weight is 182 g/mol. The van der Waals surface area contributed by atoms with E-state index in [4.69, 9.17) is 0 Å². The van der Waals surface area contributed by atoms with Gasteiger partial charge in [0.05, 0.1) is 0 Å². The van der Waals surface area contributed by atoms with Gasteiger partial charge in [-0.3, -0.25) is 0 Å². The van der Waals surface area contributed by atoms with Gasteiger partial charge in [0.1, 0.15) is 0 Å². The lowest BCUT2D eigenvalue weighted by molar-refractivity contribution is 0.221. The van der Waals surface area contributed by atoms with E-state index in [1.54, 1.807) is 0 Å². The molecule has 2 rings (SSSR count). The molecule has 2 fully saturated rings. The molecule has 0 aromatic carbocycles. The van der Waals surface area contributed by atoms with Crippen LogP contribution in [0.5, 0.6) is 0 Å². The lowest BCUT2D eigenvalue weighted by Gasteiger charge is -2.25. The van der Waals surface area contributed by atoms with Crippen molar-refractivity contribution in [2.45, 2.75) is 26.7 Å². The van der Waals surface area contributed by atoms with Crippen LogP contribution in [0.15, 0.2) is 0 Å². The fraction of sp³-hybridized carbons (Fsp3) is 1.00. The van der Waals surface area contributed by atoms with Crippen LogP contribution in [0.4, 0.5) is 0 Å². The lowest BCUT2D eigenvalue weighted by Crippen LogP contribution is -2.34. The number of nitrogens with zero attached hydrogens (tertiary/aromatic N) is 1. The second kappa shape index (κ2) is 3.58. The molecule has 2 nitrogen and oxygen atoms in total. The van der Waals surface area contributed by atoms with Crippen LogP contribution < -0.4 is 5.32 Å². The highest BCUT2D eigenvalue weighted by Gasteiger charge is 2.38. The van der Waals surface area contributed by atoms with Crippen LogP contribution in [-0.2, 0) is 0 Å². The van der Waals surface area contributed by atoms with Gasteiger partial charge in [-0.05, 0) is 30.7 Å². The maximum atomic E-state index is 3.49. The summed E-state index contributed by atoms with van der Waals surface area (Å²) in [6, 6.07) is 0. The van der Waals surface area contributed by atoms with Crippen molar-refractivity contribution in [2.75, 3.05) is 32.7 Å². The summed E-state index contributed by atoms with van der Waals surface area (Å²) < 4.78 is 0. The van der Waals surface area contributed by atoms with E-state index < -0.39 is 0 Å². The highest BCUT2D eigenvalue weighted by Crippen LogP contribution is 2.45. The second-order valence-electron chi connectivity index (χ2n) is 5.36. The number of rotatable bonds is 2. The zero-order valence-electron chi connectivity index (χ0n) is 8.97. The molecule has 0 bridgehead atoms. The highest BCUT2D eigenvalue weighted by molar-refractivity contribution is 4.92. The van der Waals surface area contributed by atoms with Crippen molar-refractivity contribution in [1.29, 1.82) is 0 Å². The molecule has 1 N–H and O–H groups in total. The minimum absolute atomic E-state index is 0.685.